The standard InChI is InChI=1S/C6H11N/c1-3-6(4-2)5-7/h3,5,7H,4H2,1-2H3/b6-3+,7-5?. The molecule has 0 aliphatic carbocycles. The van der Waals surface area contributed by atoms with Gasteiger partial charge in [-0.3, -0.25) is 0 Å². The molecule has 40 valence electrons. The second-order valence-corrected chi connectivity index (χ2v) is 1.36. The van der Waals surface area contributed by atoms with Gasteiger partial charge in [-0.15, -0.1) is 0 Å². The van der Waals surface area contributed by atoms with Gasteiger partial charge in [-0.05, 0) is 18.9 Å². The van der Waals surface area contributed by atoms with Crippen molar-refractivity contribution in [2.45, 2.75) is 20.3 Å². The van der Waals surface area contributed by atoms with Gasteiger partial charge >= 0.3 is 0 Å². The lowest BCUT2D eigenvalue weighted by Crippen LogP contribution is -1.76. The van der Waals surface area contributed by atoms with E-state index >= 15 is 0 Å². The monoisotopic (exact) mass is 97.1 g/mol. The van der Waals surface area contributed by atoms with Crippen LogP contribution in [0.5, 0.6) is 0 Å². The first-order valence-corrected chi connectivity index (χ1v) is 2.50. The first-order chi connectivity index (χ1) is 3.35. The highest BCUT2D eigenvalue weighted by Crippen LogP contribution is 1.92. The molecular formula is C6H11N. The Morgan fingerprint density at radius 3 is 2.29 bits per heavy atom. The van der Waals surface area contributed by atoms with Gasteiger partial charge in [-0.1, -0.05) is 13.0 Å². The Morgan fingerprint density at radius 2 is 2.29 bits per heavy atom. The fourth-order valence-corrected chi connectivity index (χ4v) is 0.390. The maximum Gasteiger partial charge on any atom is 0.0206 e. The van der Waals surface area contributed by atoms with Gasteiger partial charge in [-0.2, -0.15) is 0 Å². The van der Waals surface area contributed by atoms with E-state index in [-0.39, 0.29) is 0 Å². The lowest BCUT2D eigenvalue weighted by Gasteiger charge is -1.86. The minimum absolute atomic E-state index is 0.972. The van der Waals surface area contributed by atoms with E-state index in [1.807, 2.05) is 19.9 Å². The van der Waals surface area contributed by atoms with Crippen molar-refractivity contribution in [3.05, 3.63) is 11.6 Å². The van der Waals surface area contributed by atoms with Gasteiger partial charge in [0.25, 0.3) is 0 Å². The molecule has 7 heavy (non-hydrogen) atoms. The summed E-state index contributed by atoms with van der Waals surface area (Å²) in [5.41, 5.74) is 1.10. The smallest absolute Gasteiger partial charge is 0.0206 e. The number of hydrogen-bond acceptors (Lipinski definition) is 1. The van der Waals surface area contributed by atoms with Crippen molar-refractivity contribution in [2.24, 2.45) is 0 Å². The second kappa shape index (κ2) is 3.59. The first kappa shape index (κ1) is 6.41. The van der Waals surface area contributed by atoms with E-state index in [1.54, 1.807) is 0 Å². The third-order valence-electron chi connectivity index (χ3n) is 0.964. The molecule has 0 atom stereocenters. The predicted octanol–water partition coefficient (Wildman–Crippen LogP) is 1.99. The van der Waals surface area contributed by atoms with Crippen LogP contribution in [0.4, 0.5) is 0 Å². The summed E-state index contributed by atoms with van der Waals surface area (Å²) in [4.78, 5) is 0. The lowest BCUT2D eigenvalue weighted by molar-refractivity contribution is 1.17. The number of rotatable bonds is 2. The molecule has 1 heteroatoms. The minimum Gasteiger partial charge on any atom is -0.308 e. The van der Waals surface area contributed by atoms with E-state index in [9.17, 15) is 0 Å². The fourth-order valence-electron chi connectivity index (χ4n) is 0.390. The van der Waals surface area contributed by atoms with Crippen LogP contribution in [-0.2, 0) is 0 Å². The van der Waals surface area contributed by atoms with Gasteiger partial charge in [-0.25, -0.2) is 0 Å². The quantitative estimate of drug-likeness (QED) is 0.509. The van der Waals surface area contributed by atoms with Crippen molar-refractivity contribution >= 4 is 6.21 Å². The number of allylic oxidation sites excluding steroid dienone is 2. The molecule has 0 saturated heterocycles. The van der Waals surface area contributed by atoms with E-state index < -0.39 is 0 Å². The number of nitrogens with one attached hydrogen (secondary N) is 1. The van der Waals surface area contributed by atoms with Crippen LogP contribution in [0.2, 0.25) is 0 Å². The van der Waals surface area contributed by atoms with Crippen molar-refractivity contribution in [1.82, 2.24) is 0 Å². The molecule has 0 aromatic rings. The molecule has 0 aromatic heterocycles. The summed E-state index contributed by atoms with van der Waals surface area (Å²) in [5.74, 6) is 0. The molecule has 0 bridgehead atoms. The van der Waals surface area contributed by atoms with E-state index in [0.717, 1.165) is 12.0 Å². The van der Waals surface area contributed by atoms with E-state index in [1.165, 1.54) is 6.21 Å². The van der Waals surface area contributed by atoms with Gasteiger partial charge in [0.1, 0.15) is 0 Å². The molecule has 1 N–H and O–H groups in total. The summed E-state index contributed by atoms with van der Waals surface area (Å²) in [6.45, 7) is 3.99. The van der Waals surface area contributed by atoms with Crippen LogP contribution >= 0.6 is 0 Å². The summed E-state index contributed by atoms with van der Waals surface area (Å²) in [5, 5.41) is 6.77. The van der Waals surface area contributed by atoms with Crippen molar-refractivity contribution in [3.8, 4) is 0 Å². The zero-order chi connectivity index (χ0) is 5.70. The molecular weight excluding hydrogens is 86.1 g/mol. The van der Waals surface area contributed by atoms with Crippen molar-refractivity contribution in [1.29, 1.82) is 5.41 Å². The van der Waals surface area contributed by atoms with E-state index in [4.69, 9.17) is 5.41 Å². The first-order valence-electron chi connectivity index (χ1n) is 2.50. The van der Waals surface area contributed by atoms with E-state index in [0.29, 0.717) is 0 Å². The highest BCUT2D eigenvalue weighted by molar-refractivity contribution is 5.75. The molecule has 0 saturated carbocycles. The molecule has 0 amide bonds. The molecule has 0 aliphatic rings. The molecule has 0 heterocycles. The molecule has 0 radical (unpaired) electrons. The normalized spacial score (nSPS) is 11.4. The Balaban J connectivity index is 3.60. The van der Waals surface area contributed by atoms with Crippen molar-refractivity contribution < 1.29 is 0 Å². The third kappa shape index (κ3) is 2.15. The Bertz CT molecular complexity index is 82.2. The van der Waals surface area contributed by atoms with Crippen LogP contribution in [0.1, 0.15) is 20.3 Å². The molecule has 0 aromatic carbocycles. The molecule has 0 rings (SSSR count). The van der Waals surface area contributed by atoms with Gasteiger partial charge in [0.05, 0.1) is 0 Å². The summed E-state index contributed by atoms with van der Waals surface area (Å²) >= 11 is 0. The van der Waals surface area contributed by atoms with E-state index in [2.05, 4.69) is 0 Å². The number of hydrogen-bond donors (Lipinski definition) is 1. The summed E-state index contributed by atoms with van der Waals surface area (Å²) in [6.07, 6.45) is 4.31. The molecule has 1 nitrogen and oxygen atoms in total. The Morgan fingerprint density at radius 1 is 1.71 bits per heavy atom. The van der Waals surface area contributed by atoms with Crippen LogP contribution in [0.25, 0.3) is 0 Å². The minimum atomic E-state index is 0.972. The maximum absolute atomic E-state index is 6.77. The average molecular weight is 97.2 g/mol. The Kier molecular flexibility index (Phi) is 3.29. The van der Waals surface area contributed by atoms with Gasteiger partial charge < -0.3 is 5.41 Å². The molecule has 0 unspecified atom stereocenters. The van der Waals surface area contributed by atoms with Crippen LogP contribution in [0.3, 0.4) is 0 Å². The summed E-state index contributed by atoms with van der Waals surface area (Å²) < 4.78 is 0. The van der Waals surface area contributed by atoms with Crippen molar-refractivity contribution in [3.63, 3.8) is 0 Å². The van der Waals surface area contributed by atoms with Crippen LogP contribution in [0.15, 0.2) is 11.6 Å². The van der Waals surface area contributed by atoms with Gasteiger partial charge in [0, 0.05) is 6.21 Å². The van der Waals surface area contributed by atoms with Crippen LogP contribution < -0.4 is 0 Å². The molecule has 0 fully saturated rings. The fraction of sp³-hybridized carbons (Fsp3) is 0.500. The Labute approximate surface area is 44.6 Å². The van der Waals surface area contributed by atoms with Gasteiger partial charge in [0.15, 0.2) is 0 Å². The highest BCUT2D eigenvalue weighted by atomic mass is 14.3. The SMILES string of the molecule is C/C=C(/C=N)CC. The predicted molar refractivity (Wildman–Crippen MR) is 32.8 cm³/mol. The molecule has 0 spiro atoms. The summed E-state index contributed by atoms with van der Waals surface area (Å²) in [7, 11) is 0. The van der Waals surface area contributed by atoms with Gasteiger partial charge in [0.2, 0.25) is 0 Å². The topological polar surface area (TPSA) is 23.9 Å². The van der Waals surface area contributed by atoms with Crippen LogP contribution in [0, 0.1) is 5.41 Å². The Hall–Kier alpha value is -0.590. The lowest BCUT2D eigenvalue weighted by atomic mass is 10.2. The second-order valence-electron chi connectivity index (χ2n) is 1.36. The molecule has 0 aliphatic heterocycles. The summed E-state index contributed by atoms with van der Waals surface area (Å²) in [6, 6.07) is 0. The zero-order valence-electron chi connectivity index (χ0n) is 4.86. The largest absolute Gasteiger partial charge is 0.308 e. The zero-order valence-corrected chi connectivity index (χ0v) is 4.86. The van der Waals surface area contributed by atoms with Crippen molar-refractivity contribution in [2.75, 3.05) is 0 Å². The maximum atomic E-state index is 6.77. The highest BCUT2D eigenvalue weighted by Gasteiger charge is 1.79. The van der Waals surface area contributed by atoms with Crippen LogP contribution in [-0.4, -0.2) is 6.21 Å². The average Bonchev–Trinajstić information content (AvgIpc) is 1.72. The third-order valence-corrected chi connectivity index (χ3v) is 0.964.